The van der Waals surface area contributed by atoms with Crippen LogP contribution in [0.2, 0.25) is 0 Å². The predicted octanol–water partition coefficient (Wildman–Crippen LogP) is 4.52. The first kappa shape index (κ1) is 21.8. The van der Waals surface area contributed by atoms with Gasteiger partial charge in [0.05, 0.1) is 26.4 Å². The summed E-state index contributed by atoms with van der Waals surface area (Å²) in [7, 11) is 0. The van der Waals surface area contributed by atoms with Crippen molar-refractivity contribution >= 4 is 21.5 Å². The van der Waals surface area contributed by atoms with Crippen molar-refractivity contribution in [2.45, 2.75) is 25.7 Å². The van der Waals surface area contributed by atoms with Crippen molar-refractivity contribution in [2.75, 3.05) is 65.7 Å². The van der Waals surface area contributed by atoms with E-state index in [1.165, 1.54) is 45.5 Å². The van der Waals surface area contributed by atoms with E-state index < -0.39 is 0 Å². The van der Waals surface area contributed by atoms with E-state index in [1.54, 1.807) is 0 Å². The zero-order valence-corrected chi connectivity index (χ0v) is 19.2. The van der Waals surface area contributed by atoms with Gasteiger partial charge in [0.25, 0.3) is 0 Å². The van der Waals surface area contributed by atoms with Crippen molar-refractivity contribution in [3.63, 3.8) is 0 Å². The van der Waals surface area contributed by atoms with Crippen LogP contribution in [-0.4, -0.2) is 75.5 Å². The summed E-state index contributed by atoms with van der Waals surface area (Å²) < 4.78 is 11.0. The molecule has 0 spiro atoms. The van der Waals surface area contributed by atoms with E-state index >= 15 is 0 Å². The molecule has 170 valence electrons. The summed E-state index contributed by atoms with van der Waals surface area (Å²) in [5.74, 6) is 0. The number of rotatable bonds is 8. The SMILES string of the molecule is c1ccc2c(CCCN3CCOCC3)c3ccccc3c(CCCN3CCOCC3)c2c1. The molecular formula is C28H36N2O2. The van der Waals surface area contributed by atoms with Gasteiger partial charge in [0, 0.05) is 26.2 Å². The number of hydrogen-bond acceptors (Lipinski definition) is 4. The summed E-state index contributed by atoms with van der Waals surface area (Å²) in [5.41, 5.74) is 3.06. The van der Waals surface area contributed by atoms with E-state index in [9.17, 15) is 0 Å². The molecule has 2 aliphatic heterocycles. The molecule has 3 aromatic rings. The van der Waals surface area contributed by atoms with E-state index in [1.807, 2.05) is 0 Å². The summed E-state index contributed by atoms with van der Waals surface area (Å²) in [5, 5.41) is 5.81. The third kappa shape index (κ3) is 4.99. The molecule has 2 aliphatic rings. The standard InChI is InChI=1S/C28H36N2O2/c1-2-8-24-23(7-1)27(11-5-13-29-15-19-31-20-16-29)25-9-3-4-10-26(25)28(24)12-6-14-30-17-21-32-22-18-30/h1-4,7-10H,5-6,11-22H2. The molecule has 4 heteroatoms. The number of nitrogens with zero attached hydrogens (tertiary/aromatic N) is 2. The van der Waals surface area contributed by atoms with Gasteiger partial charge in [-0.2, -0.15) is 0 Å². The van der Waals surface area contributed by atoms with Crippen molar-refractivity contribution < 1.29 is 9.47 Å². The smallest absolute Gasteiger partial charge is 0.0594 e. The van der Waals surface area contributed by atoms with Gasteiger partial charge in [-0.05, 0) is 71.4 Å². The second-order valence-corrected chi connectivity index (χ2v) is 9.16. The Morgan fingerprint density at radius 2 is 0.875 bits per heavy atom. The topological polar surface area (TPSA) is 24.9 Å². The van der Waals surface area contributed by atoms with Crippen molar-refractivity contribution in [1.29, 1.82) is 0 Å². The van der Waals surface area contributed by atoms with Crippen molar-refractivity contribution in [2.24, 2.45) is 0 Å². The van der Waals surface area contributed by atoms with Crippen molar-refractivity contribution in [1.82, 2.24) is 9.80 Å². The molecule has 2 saturated heterocycles. The third-order valence-electron chi connectivity index (χ3n) is 7.16. The lowest BCUT2D eigenvalue weighted by Gasteiger charge is -2.27. The van der Waals surface area contributed by atoms with E-state index in [0.29, 0.717) is 0 Å². The first-order valence-electron chi connectivity index (χ1n) is 12.4. The Kier molecular flexibility index (Phi) is 7.34. The Balaban J connectivity index is 1.39. The maximum Gasteiger partial charge on any atom is 0.0594 e. The van der Waals surface area contributed by atoms with Gasteiger partial charge >= 0.3 is 0 Å². The van der Waals surface area contributed by atoms with Crippen LogP contribution in [0.4, 0.5) is 0 Å². The van der Waals surface area contributed by atoms with Gasteiger partial charge in [0.15, 0.2) is 0 Å². The molecule has 0 N–H and O–H groups in total. The summed E-state index contributed by atoms with van der Waals surface area (Å²) in [6.07, 6.45) is 4.66. The first-order valence-corrected chi connectivity index (χ1v) is 12.4. The molecule has 5 rings (SSSR count). The van der Waals surface area contributed by atoms with Crippen LogP contribution in [0.5, 0.6) is 0 Å². The average molecular weight is 433 g/mol. The molecule has 0 amide bonds. The Morgan fingerprint density at radius 1 is 0.531 bits per heavy atom. The second kappa shape index (κ2) is 10.8. The zero-order chi connectivity index (χ0) is 21.6. The first-order chi connectivity index (χ1) is 15.9. The van der Waals surface area contributed by atoms with Gasteiger partial charge in [-0.1, -0.05) is 48.5 Å². The fraction of sp³-hybridized carbons (Fsp3) is 0.500. The van der Waals surface area contributed by atoms with Crippen LogP contribution in [-0.2, 0) is 22.3 Å². The number of benzene rings is 3. The Bertz CT molecular complexity index is 884. The van der Waals surface area contributed by atoms with E-state index in [2.05, 4.69) is 58.3 Å². The Labute approximate surface area is 192 Å². The van der Waals surface area contributed by atoms with Crippen LogP contribution in [0, 0.1) is 0 Å². The van der Waals surface area contributed by atoms with E-state index in [-0.39, 0.29) is 0 Å². The minimum absolute atomic E-state index is 0.880. The fourth-order valence-corrected chi connectivity index (χ4v) is 5.46. The Hall–Kier alpha value is -1.98. The van der Waals surface area contributed by atoms with Crippen molar-refractivity contribution in [3.05, 3.63) is 59.7 Å². The lowest BCUT2D eigenvalue weighted by Crippen LogP contribution is -2.37. The van der Waals surface area contributed by atoms with Gasteiger partial charge in [0.1, 0.15) is 0 Å². The molecule has 0 radical (unpaired) electrons. The quantitative estimate of drug-likeness (QED) is 0.489. The third-order valence-corrected chi connectivity index (χ3v) is 7.16. The molecule has 0 aromatic heterocycles. The molecule has 0 saturated carbocycles. The number of hydrogen-bond donors (Lipinski definition) is 0. The average Bonchev–Trinajstić information content (AvgIpc) is 2.86. The van der Waals surface area contributed by atoms with Crippen LogP contribution in [0.3, 0.4) is 0 Å². The predicted molar refractivity (Wildman–Crippen MR) is 133 cm³/mol. The molecule has 0 bridgehead atoms. The van der Waals surface area contributed by atoms with Gasteiger partial charge < -0.3 is 9.47 Å². The summed E-state index contributed by atoms with van der Waals surface area (Å²) >= 11 is 0. The molecule has 32 heavy (non-hydrogen) atoms. The molecular weight excluding hydrogens is 396 g/mol. The van der Waals surface area contributed by atoms with Crippen LogP contribution in [0.25, 0.3) is 21.5 Å². The normalized spacial score (nSPS) is 18.5. The molecule has 0 atom stereocenters. The molecule has 0 unspecified atom stereocenters. The van der Waals surface area contributed by atoms with E-state index in [4.69, 9.17) is 9.47 Å². The highest BCUT2D eigenvalue weighted by Gasteiger charge is 2.16. The maximum atomic E-state index is 5.51. The van der Waals surface area contributed by atoms with Crippen molar-refractivity contribution in [3.8, 4) is 0 Å². The molecule has 2 heterocycles. The molecule has 2 fully saturated rings. The van der Waals surface area contributed by atoms with Gasteiger partial charge in [0.2, 0.25) is 0 Å². The summed E-state index contributed by atoms with van der Waals surface area (Å²) in [6.45, 7) is 10.1. The van der Waals surface area contributed by atoms with Gasteiger partial charge in [-0.25, -0.2) is 0 Å². The van der Waals surface area contributed by atoms with Crippen LogP contribution in [0.15, 0.2) is 48.5 Å². The highest BCUT2D eigenvalue weighted by atomic mass is 16.5. The maximum absolute atomic E-state index is 5.51. The van der Waals surface area contributed by atoms with Crippen LogP contribution < -0.4 is 0 Å². The second-order valence-electron chi connectivity index (χ2n) is 9.16. The largest absolute Gasteiger partial charge is 0.379 e. The highest BCUT2D eigenvalue weighted by molar-refractivity contribution is 6.05. The van der Waals surface area contributed by atoms with E-state index in [0.717, 1.165) is 78.5 Å². The van der Waals surface area contributed by atoms with Crippen LogP contribution >= 0.6 is 0 Å². The number of fused-ring (bicyclic) bond motifs is 2. The Morgan fingerprint density at radius 3 is 1.22 bits per heavy atom. The van der Waals surface area contributed by atoms with Gasteiger partial charge in [-0.15, -0.1) is 0 Å². The number of ether oxygens (including phenoxy) is 2. The zero-order valence-electron chi connectivity index (χ0n) is 19.2. The highest BCUT2D eigenvalue weighted by Crippen LogP contribution is 2.34. The monoisotopic (exact) mass is 432 g/mol. The minimum atomic E-state index is 0.880. The lowest BCUT2D eigenvalue weighted by molar-refractivity contribution is 0.0374. The van der Waals surface area contributed by atoms with Crippen LogP contribution in [0.1, 0.15) is 24.0 Å². The molecule has 3 aromatic carbocycles. The fourth-order valence-electron chi connectivity index (χ4n) is 5.46. The number of morpholine rings is 2. The molecule has 4 nitrogen and oxygen atoms in total. The number of aryl methyl sites for hydroxylation is 2. The lowest BCUT2D eigenvalue weighted by atomic mass is 9.88. The molecule has 0 aliphatic carbocycles. The summed E-state index contributed by atoms with van der Waals surface area (Å²) in [6, 6.07) is 18.2. The van der Waals surface area contributed by atoms with Gasteiger partial charge in [-0.3, -0.25) is 9.80 Å². The summed E-state index contributed by atoms with van der Waals surface area (Å²) in [4.78, 5) is 5.10. The minimum Gasteiger partial charge on any atom is -0.379 e.